The van der Waals surface area contributed by atoms with Crippen LogP contribution in [0.2, 0.25) is 0 Å². The maximum absolute atomic E-state index is 11.9. The molecule has 0 unspecified atom stereocenters. The summed E-state index contributed by atoms with van der Waals surface area (Å²) >= 11 is 0. The molecule has 122 valence electrons. The van der Waals surface area contributed by atoms with Gasteiger partial charge in [-0.3, -0.25) is 9.89 Å². The van der Waals surface area contributed by atoms with Gasteiger partial charge < -0.3 is 20.7 Å². The number of amides is 2. The molecule has 0 saturated carbocycles. The minimum atomic E-state index is -0.547. The van der Waals surface area contributed by atoms with Gasteiger partial charge >= 0.3 is 6.09 Å². The number of nitrogens with one attached hydrogen (secondary N) is 4. The average molecular weight is 309 g/mol. The highest BCUT2D eigenvalue weighted by Crippen LogP contribution is 2.19. The molecule has 0 saturated heterocycles. The fourth-order valence-electron chi connectivity index (χ4n) is 2.13. The van der Waals surface area contributed by atoms with Crippen LogP contribution < -0.4 is 16.0 Å². The molecule has 0 spiro atoms. The molecule has 8 nitrogen and oxygen atoms in total. The van der Waals surface area contributed by atoms with Gasteiger partial charge in [-0.05, 0) is 33.7 Å². The van der Waals surface area contributed by atoms with Crippen LogP contribution in [0.1, 0.15) is 38.4 Å². The molecule has 0 aliphatic carbocycles. The number of hydrogen-bond donors (Lipinski definition) is 4. The fraction of sp³-hybridized carbons (Fsp3) is 0.643. The Bertz CT molecular complexity index is 547. The fourth-order valence-corrected chi connectivity index (χ4v) is 2.13. The topological polar surface area (TPSA) is 108 Å². The van der Waals surface area contributed by atoms with Crippen molar-refractivity contribution < 1.29 is 14.3 Å². The van der Waals surface area contributed by atoms with Gasteiger partial charge in [-0.1, -0.05) is 0 Å². The summed E-state index contributed by atoms with van der Waals surface area (Å²) in [5.41, 5.74) is 1.51. The smallest absolute Gasteiger partial charge is 0.407 e. The first-order valence-electron chi connectivity index (χ1n) is 7.39. The van der Waals surface area contributed by atoms with E-state index in [-0.39, 0.29) is 18.9 Å². The highest BCUT2D eigenvalue weighted by Gasteiger charge is 2.18. The number of nitrogens with zero attached hydrogens (tertiary/aromatic N) is 1. The largest absolute Gasteiger partial charge is 0.444 e. The van der Waals surface area contributed by atoms with E-state index in [0.717, 1.165) is 30.8 Å². The summed E-state index contributed by atoms with van der Waals surface area (Å²) in [6, 6.07) is 0. The minimum Gasteiger partial charge on any atom is -0.444 e. The summed E-state index contributed by atoms with van der Waals surface area (Å²) in [5, 5.41) is 15.6. The molecule has 0 bridgehead atoms. The highest BCUT2D eigenvalue weighted by atomic mass is 16.6. The van der Waals surface area contributed by atoms with Crippen molar-refractivity contribution in [2.45, 2.75) is 45.8 Å². The number of carbonyl (C=O) groups is 2. The third-order valence-electron chi connectivity index (χ3n) is 3.08. The molecule has 1 aromatic heterocycles. The maximum Gasteiger partial charge on any atom is 0.407 e. The minimum absolute atomic E-state index is 0.166. The molecule has 8 heteroatoms. The molecule has 0 atom stereocenters. The highest BCUT2D eigenvalue weighted by molar-refractivity contribution is 5.91. The second-order valence-corrected chi connectivity index (χ2v) is 6.18. The number of hydrogen-bond acceptors (Lipinski definition) is 5. The van der Waals surface area contributed by atoms with Crippen LogP contribution in [-0.4, -0.2) is 40.9 Å². The summed E-state index contributed by atoms with van der Waals surface area (Å²) < 4.78 is 5.09. The number of carbonyl (C=O) groups excluding carboxylic acids is 2. The van der Waals surface area contributed by atoms with Crippen molar-refractivity contribution in [3.05, 3.63) is 11.3 Å². The van der Waals surface area contributed by atoms with E-state index in [1.54, 1.807) is 20.8 Å². The average Bonchev–Trinajstić information content (AvgIpc) is 2.80. The molecule has 2 heterocycles. The van der Waals surface area contributed by atoms with Crippen LogP contribution in [0.25, 0.3) is 0 Å². The van der Waals surface area contributed by atoms with Gasteiger partial charge in [-0.2, -0.15) is 5.10 Å². The Labute approximate surface area is 129 Å². The molecule has 4 N–H and O–H groups in total. The molecule has 2 rings (SSSR count). The number of H-pyrrole nitrogens is 1. The van der Waals surface area contributed by atoms with Crippen molar-refractivity contribution >= 4 is 17.8 Å². The Balaban J connectivity index is 1.74. The second-order valence-electron chi connectivity index (χ2n) is 6.18. The summed E-state index contributed by atoms with van der Waals surface area (Å²) in [6.45, 7) is 7.18. The molecule has 0 aromatic carbocycles. The monoisotopic (exact) mass is 309 g/mol. The molecule has 1 aliphatic rings. The molecule has 1 aromatic rings. The standard InChI is InChI=1S/C14H23N5O3/c1-14(2,3)22-13(21)16-7-5-11(20)17-12-9-4-6-15-8-10(9)18-19-12/h15H,4-8H2,1-3H3,(H,16,21)(H2,17,18,19,20). The first-order chi connectivity index (χ1) is 10.3. The number of ether oxygens (including phenoxy) is 1. The van der Waals surface area contributed by atoms with Gasteiger partial charge in [0.05, 0.1) is 5.69 Å². The third kappa shape index (κ3) is 4.73. The number of anilines is 1. The lowest BCUT2D eigenvalue weighted by Crippen LogP contribution is -2.34. The van der Waals surface area contributed by atoms with Gasteiger partial charge in [0.15, 0.2) is 5.82 Å². The van der Waals surface area contributed by atoms with Crippen LogP contribution in [0.3, 0.4) is 0 Å². The maximum atomic E-state index is 11.9. The Morgan fingerprint density at radius 2 is 2.14 bits per heavy atom. The Morgan fingerprint density at radius 3 is 2.86 bits per heavy atom. The summed E-state index contributed by atoms with van der Waals surface area (Å²) in [6.07, 6.45) is 0.472. The zero-order valence-corrected chi connectivity index (χ0v) is 13.2. The van der Waals surface area contributed by atoms with Crippen molar-refractivity contribution in [3.63, 3.8) is 0 Å². The third-order valence-corrected chi connectivity index (χ3v) is 3.08. The van der Waals surface area contributed by atoms with Gasteiger partial charge in [0, 0.05) is 25.1 Å². The summed E-state index contributed by atoms with van der Waals surface area (Å²) in [5.74, 6) is 0.391. The lowest BCUT2D eigenvalue weighted by atomic mass is 10.1. The zero-order valence-electron chi connectivity index (χ0n) is 13.2. The lowest BCUT2D eigenvalue weighted by molar-refractivity contribution is -0.116. The molecule has 22 heavy (non-hydrogen) atoms. The van der Waals surface area contributed by atoms with Crippen molar-refractivity contribution in [3.8, 4) is 0 Å². The van der Waals surface area contributed by atoms with Crippen molar-refractivity contribution in [1.29, 1.82) is 0 Å². The zero-order chi connectivity index (χ0) is 16.2. The Hall–Kier alpha value is -2.09. The van der Waals surface area contributed by atoms with Crippen LogP contribution in [0.4, 0.5) is 10.6 Å². The van der Waals surface area contributed by atoms with E-state index in [0.29, 0.717) is 5.82 Å². The van der Waals surface area contributed by atoms with Crippen LogP contribution >= 0.6 is 0 Å². The van der Waals surface area contributed by atoms with Crippen molar-refractivity contribution in [2.75, 3.05) is 18.4 Å². The molecule has 2 amide bonds. The predicted molar refractivity (Wildman–Crippen MR) is 81.5 cm³/mol. The van der Waals surface area contributed by atoms with E-state index < -0.39 is 11.7 Å². The number of rotatable bonds is 4. The van der Waals surface area contributed by atoms with Crippen LogP contribution in [0.15, 0.2) is 0 Å². The predicted octanol–water partition coefficient (Wildman–Crippen LogP) is 0.909. The number of aromatic amines is 1. The Morgan fingerprint density at radius 1 is 1.36 bits per heavy atom. The SMILES string of the molecule is CC(C)(C)OC(=O)NCCC(=O)Nc1n[nH]c2c1CCNC2. The second kappa shape index (κ2) is 6.78. The van der Waals surface area contributed by atoms with Crippen molar-refractivity contribution in [1.82, 2.24) is 20.8 Å². The summed E-state index contributed by atoms with van der Waals surface area (Å²) in [4.78, 5) is 23.3. The quantitative estimate of drug-likeness (QED) is 0.661. The van der Waals surface area contributed by atoms with Gasteiger partial charge in [-0.15, -0.1) is 0 Å². The first kappa shape index (κ1) is 16.3. The van der Waals surface area contributed by atoms with E-state index in [1.807, 2.05) is 0 Å². The van der Waals surface area contributed by atoms with E-state index in [4.69, 9.17) is 4.74 Å². The molecule has 0 fully saturated rings. The normalized spacial score (nSPS) is 14.1. The lowest BCUT2D eigenvalue weighted by Gasteiger charge is -2.19. The van der Waals surface area contributed by atoms with Crippen molar-refractivity contribution in [2.24, 2.45) is 0 Å². The van der Waals surface area contributed by atoms with Crippen LogP contribution in [-0.2, 0) is 22.5 Å². The first-order valence-corrected chi connectivity index (χ1v) is 7.39. The van der Waals surface area contributed by atoms with Gasteiger partial charge in [0.25, 0.3) is 0 Å². The van der Waals surface area contributed by atoms with Crippen LogP contribution in [0, 0.1) is 0 Å². The Kier molecular flexibility index (Phi) is 5.02. The van der Waals surface area contributed by atoms with Gasteiger partial charge in [0.1, 0.15) is 5.60 Å². The van der Waals surface area contributed by atoms with E-state index in [2.05, 4.69) is 26.1 Å². The number of fused-ring (bicyclic) bond motifs is 1. The number of alkyl carbamates (subject to hydrolysis) is 1. The van der Waals surface area contributed by atoms with Gasteiger partial charge in [-0.25, -0.2) is 4.79 Å². The molecular weight excluding hydrogens is 286 g/mol. The van der Waals surface area contributed by atoms with E-state index in [1.165, 1.54) is 0 Å². The van der Waals surface area contributed by atoms with Crippen LogP contribution in [0.5, 0.6) is 0 Å². The molecule has 1 aliphatic heterocycles. The number of aromatic nitrogens is 2. The summed E-state index contributed by atoms with van der Waals surface area (Å²) in [7, 11) is 0. The van der Waals surface area contributed by atoms with E-state index >= 15 is 0 Å². The van der Waals surface area contributed by atoms with E-state index in [9.17, 15) is 9.59 Å². The molecule has 0 radical (unpaired) electrons. The molecular formula is C14H23N5O3. The van der Waals surface area contributed by atoms with Gasteiger partial charge in [0.2, 0.25) is 5.91 Å².